The number of fused-ring (bicyclic) bond motifs is 1. The second-order valence-corrected chi connectivity index (χ2v) is 5.38. The molecule has 1 aromatic carbocycles. The van der Waals surface area contributed by atoms with Crippen LogP contribution in [0.2, 0.25) is 0 Å². The van der Waals surface area contributed by atoms with Crippen molar-refractivity contribution in [2.24, 2.45) is 0 Å². The van der Waals surface area contributed by atoms with Crippen molar-refractivity contribution in [3.8, 4) is 0 Å². The zero-order valence-electron chi connectivity index (χ0n) is 11.4. The molecule has 0 unspecified atom stereocenters. The van der Waals surface area contributed by atoms with Gasteiger partial charge in [-0.15, -0.1) is 11.3 Å². The molecule has 0 spiro atoms. The molecule has 0 radical (unpaired) electrons. The number of benzene rings is 1. The van der Waals surface area contributed by atoms with Gasteiger partial charge in [0.15, 0.2) is 4.96 Å². The highest BCUT2D eigenvalue weighted by Gasteiger charge is 2.19. The highest BCUT2D eigenvalue weighted by molar-refractivity contribution is 7.15. The number of carbonyl (C=O) groups excluding carboxylic acids is 1. The minimum atomic E-state index is -0.0611. The van der Waals surface area contributed by atoms with E-state index in [0.29, 0.717) is 12.2 Å². The van der Waals surface area contributed by atoms with E-state index in [0.717, 1.165) is 16.3 Å². The summed E-state index contributed by atoms with van der Waals surface area (Å²) in [5.41, 5.74) is 2.48. The highest BCUT2D eigenvalue weighted by atomic mass is 32.1. The lowest BCUT2D eigenvalue weighted by atomic mass is 10.2. The Labute approximate surface area is 121 Å². The highest BCUT2D eigenvalue weighted by Crippen LogP contribution is 2.19. The number of aromatic nitrogens is 2. The molecule has 0 fully saturated rings. The number of imidazole rings is 1. The van der Waals surface area contributed by atoms with Crippen molar-refractivity contribution in [2.75, 3.05) is 11.4 Å². The van der Waals surface area contributed by atoms with Crippen LogP contribution in [0.3, 0.4) is 0 Å². The molecule has 3 rings (SSSR count). The van der Waals surface area contributed by atoms with Crippen molar-refractivity contribution in [2.45, 2.75) is 13.8 Å². The Kier molecular flexibility index (Phi) is 3.28. The van der Waals surface area contributed by atoms with Gasteiger partial charge in [-0.25, -0.2) is 4.98 Å². The molecular formula is C15H15N3OS. The molecule has 0 aliphatic heterocycles. The summed E-state index contributed by atoms with van der Waals surface area (Å²) in [5.74, 6) is -0.0611. The van der Waals surface area contributed by atoms with Gasteiger partial charge in [0.25, 0.3) is 5.91 Å². The van der Waals surface area contributed by atoms with Gasteiger partial charge in [-0.3, -0.25) is 9.20 Å². The zero-order chi connectivity index (χ0) is 14.1. The van der Waals surface area contributed by atoms with Crippen LogP contribution in [-0.4, -0.2) is 21.8 Å². The molecule has 0 aliphatic carbocycles. The normalized spacial score (nSPS) is 10.9. The van der Waals surface area contributed by atoms with Gasteiger partial charge < -0.3 is 4.90 Å². The molecule has 102 valence electrons. The zero-order valence-corrected chi connectivity index (χ0v) is 12.2. The van der Waals surface area contributed by atoms with Crippen LogP contribution in [0.1, 0.15) is 23.1 Å². The first kappa shape index (κ1) is 12.9. The van der Waals surface area contributed by atoms with Crippen LogP contribution in [0, 0.1) is 6.92 Å². The van der Waals surface area contributed by atoms with Crippen LogP contribution in [0.25, 0.3) is 4.96 Å². The summed E-state index contributed by atoms with van der Waals surface area (Å²) in [6.07, 6.45) is 1.81. The number of aryl methyl sites for hydroxylation is 1. The summed E-state index contributed by atoms with van der Waals surface area (Å²) in [4.78, 5) is 19.6. The third-order valence-corrected chi connectivity index (χ3v) is 4.19. The fourth-order valence-corrected chi connectivity index (χ4v) is 3.04. The Morgan fingerprint density at radius 2 is 2.10 bits per heavy atom. The van der Waals surface area contributed by atoms with E-state index in [1.54, 1.807) is 16.2 Å². The predicted molar refractivity (Wildman–Crippen MR) is 81.6 cm³/mol. The summed E-state index contributed by atoms with van der Waals surface area (Å²) in [6.45, 7) is 4.59. The van der Waals surface area contributed by atoms with Gasteiger partial charge in [0.2, 0.25) is 0 Å². The van der Waals surface area contributed by atoms with E-state index < -0.39 is 0 Å². The first-order valence-corrected chi connectivity index (χ1v) is 7.38. The van der Waals surface area contributed by atoms with Gasteiger partial charge in [-0.2, -0.15) is 0 Å². The molecule has 2 heterocycles. The predicted octanol–water partition coefficient (Wildman–Crippen LogP) is 3.37. The van der Waals surface area contributed by atoms with Crippen LogP contribution in [0.5, 0.6) is 0 Å². The number of hydrogen-bond donors (Lipinski definition) is 0. The van der Waals surface area contributed by atoms with Crippen LogP contribution in [-0.2, 0) is 0 Å². The van der Waals surface area contributed by atoms with Crippen LogP contribution < -0.4 is 4.90 Å². The number of nitrogens with zero attached hydrogens (tertiary/aromatic N) is 3. The lowest BCUT2D eigenvalue weighted by Gasteiger charge is -2.19. The number of anilines is 1. The van der Waals surface area contributed by atoms with Gasteiger partial charge in [0.05, 0.1) is 0 Å². The average molecular weight is 285 g/mol. The standard InChI is InChI=1S/C15H15N3OS/c1-3-17(12-7-5-4-6-8-12)14(19)13-9-18-11(2)10-20-15(18)16-13/h4-10H,3H2,1-2H3. The quantitative estimate of drug-likeness (QED) is 0.740. The lowest BCUT2D eigenvalue weighted by molar-refractivity contribution is 0.0984. The molecule has 0 bridgehead atoms. The van der Waals surface area contributed by atoms with E-state index in [9.17, 15) is 4.79 Å². The topological polar surface area (TPSA) is 37.6 Å². The molecule has 4 nitrogen and oxygen atoms in total. The fraction of sp³-hybridized carbons (Fsp3) is 0.200. The van der Waals surface area contributed by atoms with Crippen LogP contribution in [0.4, 0.5) is 5.69 Å². The second-order valence-electron chi connectivity index (χ2n) is 4.54. The SMILES string of the molecule is CCN(C(=O)c1cn2c(C)csc2n1)c1ccccc1. The molecule has 0 saturated carbocycles. The lowest BCUT2D eigenvalue weighted by Crippen LogP contribution is -2.30. The van der Waals surface area contributed by atoms with E-state index in [-0.39, 0.29) is 5.91 Å². The molecule has 1 amide bonds. The number of rotatable bonds is 3. The molecule has 3 aromatic rings. The third-order valence-electron chi connectivity index (χ3n) is 3.24. The van der Waals surface area contributed by atoms with E-state index in [1.807, 2.05) is 60.2 Å². The molecule has 5 heteroatoms. The Hall–Kier alpha value is -2.14. The maximum absolute atomic E-state index is 12.6. The Balaban J connectivity index is 1.97. The minimum absolute atomic E-state index is 0.0611. The summed E-state index contributed by atoms with van der Waals surface area (Å²) in [7, 11) is 0. The molecule has 0 atom stereocenters. The molecule has 0 aliphatic rings. The van der Waals surface area contributed by atoms with Crippen molar-refractivity contribution in [3.05, 3.63) is 53.3 Å². The molecule has 2 aromatic heterocycles. The molecule has 0 N–H and O–H groups in total. The first-order valence-electron chi connectivity index (χ1n) is 6.51. The van der Waals surface area contributed by atoms with Crippen molar-refractivity contribution >= 4 is 27.9 Å². The van der Waals surface area contributed by atoms with Crippen molar-refractivity contribution in [1.82, 2.24) is 9.38 Å². The van der Waals surface area contributed by atoms with E-state index in [2.05, 4.69) is 4.98 Å². The number of hydrogen-bond acceptors (Lipinski definition) is 3. The summed E-state index contributed by atoms with van der Waals surface area (Å²) < 4.78 is 1.96. The van der Waals surface area contributed by atoms with Crippen molar-refractivity contribution in [1.29, 1.82) is 0 Å². The smallest absolute Gasteiger partial charge is 0.278 e. The largest absolute Gasteiger partial charge is 0.307 e. The molecule has 20 heavy (non-hydrogen) atoms. The number of amides is 1. The van der Waals surface area contributed by atoms with Gasteiger partial charge in [0, 0.05) is 29.5 Å². The number of thiazole rings is 1. The summed E-state index contributed by atoms with van der Waals surface area (Å²) in [6, 6.07) is 9.68. The monoisotopic (exact) mass is 285 g/mol. The maximum atomic E-state index is 12.6. The van der Waals surface area contributed by atoms with Gasteiger partial charge in [-0.05, 0) is 26.0 Å². The van der Waals surface area contributed by atoms with E-state index >= 15 is 0 Å². The maximum Gasteiger partial charge on any atom is 0.278 e. The van der Waals surface area contributed by atoms with Gasteiger partial charge >= 0.3 is 0 Å². The Bertz CT molecular complexity index is 745. The van der Waals surface area contributed by atoms with Crippen LogP contribution >= 0.6 is 11.3 Å². The summed E-state index contributed by atoms with van der Waals surface area (Å²) in [5, 5.41) is 2.03. The fourth-order valence-electron chi connectivity index (χ4n) is 2.19. The number of carbonyl (C=O) groups is 1. The van der Waals surface area contributed by atoms with E-state index in [1.165, 1.54) is 0 Å². The Morgan fingerprint density at radius 3 is 2.75 bits per heavy atom. The van der Waals surface area contributed by atoms with E-state index in [4.69, 9.17) is 0 Å². The average Bonchev–Trinajstić information content (AvgIpc) is 3.03. The van der Waals surface area contributed by atoms with Gasteiger partial charge in [0.1, 0.15) is 5.69 Å². The number of para-hydroxylation sites is 1. The van der Waals surface area contributed by atoms with Crippen molar-refractivity contribution < 1.29 is 4.79 Å². The van der Waals surface area contributed by atoms with Crippen LogP contribution in [0.15, 0.2) is 41.9 Å². The van der Waals surface area contributed by atoms with Crippen molar-refractivity contribution in [3.63, 3.8) is 0 Å². The molecular weight excluding hydrogens is 270 g/mol. The first-order chi connectivity index (χ1) is 9.70. The Morgan fingerprint density at radius 1 is 1.35 bits per heavy atom. The minimum Gasteiger partial charge on any atom is -0.307 e. The molecule has 0 saturated heterocycles. The summed E-state index contributed by atoms with van der Waals surface area (Å²) >= 11 is 1.55. The second kappa shape index (κ2) is 5.09. The van der Waals surface area contributed by atoms with Gasteiger partial charge in [-0.1, -0.05) is 18.2 Å². The third kappa shape index (κ3) is 2.10.